The van der Waals surface area contributed by atoms with E-state index in [0.29, 0.717) is 5.56 Å². The normalized spacial score (nSPS) is 15.3. The van der Waals surface area contributed by atoms with Gasteiger partial charge in [0.2, 0.25) is 35.4 Å². The number of aliphatic carboxylic acids is 1. The standard InChI is InChI=1S/C36H60N10O11/c1-18(2)17-24(43-30(50)23(9-8-16-41-36(39)40)42-32(52)27(38)20(4)47)33(53)46(6)25(14-15-26(37)49)31(51)44-28(34(54)45(5)19(3)35(55)56)29(57-7)21-10-12-22(48)13-11-21/h10-13,18-20,23-25,27-29,47-48H,8-9,14-17,38H2,1-7H3,(H2,37,49)(H,42,52)(H,43,50)(H,44,51)(H,55,56)(H4,39,40,41)/t19-,20+,23+,24-,25-,27+,28?,29?/m0/s1. The van der Waals surface area contributed by atoms with Crippen LogP contribution in [0.2, 0.25) is 0 Å². The molecule has 21 nitrogen and oxygen atoms in total. The van der Waals surface area contributed by atoms with Gasteiger partial charge >= 0.3 is 5.97 Å². The second-order valence-electron chi connectivity index (χ2n) is 14.1. The maximum atomic E-state index is 14.3. The zero-order valence-corrected chi connectivity index (χ0v) is 33.5. The Balaban J connectivity index is 3.63. The molecule has 0 spiro atoms. The van der Waals surface area contributed by atoms with Crippen LogP contribution in [0.5, 0.6) is 5.75 Å². The van der Waals surface area contributed by atoms with Gasteiger partial charge in [-0.05, 0) is 63.1 Å². The zero-order valence-electron chi connectivity index (χ0n) is 33.5. The van der Waals surface area contributed by atoms with E-state index in [1.807, 2.05) is 0 Å². The van der Waals surface area contributed by atoms with Gasteiger partial charge in [-0.25, -0.2) is 4.79 Å². The number of rotatable bonds is 24. The summed E-state index contributed by atoms with van der Waals surface area (Å²) in [7, 11) is 3.73. The number of methoxy groups -OCH3 is 1. The molecule has 0 aliphatic carbocycles. The highest BCUT2D eigenvalue weighted by Gasteiger charge is 2.40. The molecule has 1 rings (SSSR count). The minimum absolute atomic E-state index is 0.00495. The maximum Gasteiger partial charge on any atom is 0.326 e. The molecule has 14 N–H and O–H groups in total. The summed E-state index contributed by atoms with van der Waals surface area (Å²) in [5, 5.41) is 37.0. The van der Waals surface area contributed by atoms with Crippen LogP contribution in [-0.2, 0) is 38.3 Å². The molecule has 57 heavy (non-hydrogen) atoms. The fourth-order valence-corrected chi connectivity index (χ4v) is 5.62. The second kappa shape index (κ2) is 23.5. The number of nitrogens with two attached hydrogens (primary N) is 4. The molecule has 21 heteroatoms. The van der Waals surface area contributed by atoms with Gasteiger partial charge in [0.1, 0.15) is 48.1 Å². The van der Waals surface area contributed by atoms with E-state index in [0.717, 1.165) is 9.80 Å². The Morgan fingerprint density at radius 3 is 1.89 bits per heavy atom. The van der Waals surface area contributed by atoms with Crippen molar-refractivity contribution >= 4 is 47.4 Å². The quantitative estimate of drug-likeness (QED) is 0.0290. The first-order chi connectivity index (χ1) is 26.5. The molecule has 0 aromatic heterocycles. The number of carboxylic acids is 1. The third-order valence-corrected chi connectivity index (χ3v) is 9.13. The minimum Gasteiger partial charge on any atom is -0.508 e. The first-order valence-electron chi connectivity index (χ1n) is 18.3. The fraction of sp³-hybridized carbons (Fsp3) is 0.611. The molecular weight excluding hydrogens is 748 g/mol. The van der Waals surface area contributed by atoms with E-state index in [1.54, 1.807) is 13.8 Å². The first-order valence-corrected chi connectivity index (χ1v) is 18.3. The molecule has 0 heterocycles. The lowest BCUT2D eigenvalue weighted by atomic mass is 9.98. The van der Waals surface area contributed by atoms with Gasteiger partial charge in [0.15, 0.2) is 5.96 Å². The summed E-state index contributed by atoms with van der Waals surface area (Å²) in [6.45, 7) is 6.21. The van der Waals surface area contributed by atoms with Crippen molar-refractivity contribution < 1.29 is 53.6 Å². The lowest BCUT2D eigenvalue weighted by Gasteiger charge is -2.35. The number of phenolic OH excluding ortho intramolecular Hbond substituents is 1. The molecule has 0 aliphatic rings. The number of nitrogens with zero attached hydrogens (tertiary/aromatic N) is 3. The predicted molar refractivity (Wildman–Crippen MR) is 208 cm³/mol. The van der Waals surface area contributed by atoms with Crippen molar-refractivity contribution in [2.45, 2.75) is 108 Å². The average Bonchev–Trinajstić information content (AvgIpc) is 3.13. The summed E-state index contributed by atoms with van der Waals surface area (Å²) in [6, 6.07) is -2.84. The summed E-state index contributed by atoms with van der Waals surface area (Å²) in [6.07, 6.45) is -2.95. The van der Waals surface area contributed by atoms with Gasteiger partial charge in [-0.3, -0.25) is 33.8 Å². The maximum absolute atomic E-state index is 14.3. The van der Waals surface area contributed by atoms with Gasteiger partial charge in [-0.2, -0.15) is 0 Å². The molecule has 1 aromatic rings. The number of guanidine groups is 1. The number of aliphatic hydroxyl groups excluding tert-OH is 1. The zero-order chi connectivity index (χ0) is 43.7. The fourth-order valence-electron chi connectivity index (χ4n) is 5.62. The Kier molecular flexibility index (Phi) is 20.4. The number of hydrogen-bond acceptors (Lipinski definition) is 12. The molecule has 6 amide bonds. The van der Waals surface area contributed by atoms with Crippen LogP contribution >= 0.6 is 0 Å². The van der Waals surface area contributed by atoms with Crippen LogP contribution in [-0.4, -0.2) is 143 Å². The van der Waals surface area contributed by atoms with Crippen LogP contribution in [0, 0.1) is 5.92 Å². The molecular formula is C36H60N10O11. The Bertz CT molecular complexity index is 1570. The smallest absolute Gasteiger partial charge is 0.326 e. The number of aliphatic hydroxyl groups is 1. The van der Waals surface area contributed by atoms with E-state index in [9.17, 15) is 48.9 Å². The molecule has 0 fully saturated rings. The van der Waals surface area contributed by atoms with E-state index in [1.165, 1.54) is 59.3 Å². The number of aliphatic imine (C=N–C) groups is 1. The highest BCUT2D eigenvalue weighted by molar-refractivity contribution is 5.96. The number of carbonyl (C=O) groups is 7. The third-order valence-electron chi connectivity index (χ3n) is 9.13. The van der Waals surface area contributed by atoms with E-state index in [4.69, 9.17) is 27.7 Å². The van der Waals surface area contributed by atoms with Crippen molar-refractivity contribution in [1.82, 2.24) is 25.8 Å². The van der Waals surface area contributed by atoms with Gasteiger partial charge in [-0.1, -0.05) is 26.0 Å². The monoisotopic (exact) mass is 808 g/mol. The van der Waals surface area contributed by atoms with Crippen LogP contribution in [0.25, 0.3) is 0 Å². The number of likely N-dealkylation sites (N-methyl/N-ethyl adjacent to an activating group) is 2. The molecule has 8 atom stereocenters. The third kappa shape index (κ3) is 15.9. The van der Waals surface area contributed by atoms with E-state index in [2.05, 4.69) is 20.9 Å². The predicted octanol–water partition coefficient (Wildman–Crippen LogP) is -2.63. The van der Waals surface area contributed by atoms with Gasteiger partial charge in [0, 0.05) is 34.2 Å². The van der Waals surface area contributed by atoms with Crippen LogP contribution in [0.1, 0.15) is 71.5 Å². The van der Waals surface area contributed by atoms with Crippen LogP contribution < -0.4 is 38.9 Å². The molecule has 320 valence electrons. The number of carboxylic acid groups (broad SMARTS) is 1. The number of nitrogens with one attached hydrogen (secondary N) is 3. The number of aromatic hydroxyl groups is 1. The summed E-state index contributed by atoms with van der Waals surface area (Å²) in [4.78, 5) is 98.4. The molecule has 1 aromatic carbocycles. The van der Waals surface area contributed by atoms with E-state index >= 15 is 0 Å². The number of amides is 6. The Labute approximate surface area is 331 Å². The van der Waals surface area contributed by atoms with Crippen molar-refractivity contribution in [2.24, 2.45) is 33.8 Å². The number of benzene rings is 1. The van der Waals surface area contributed by atoms with Crippen LogP contribution in [0.4, 0.5) is 0 Å². The van der Waals surface area contributed by atoms with Crippen molar-refractivity contribution in [2.75, 3.05) is 27.7 Å². The first kappa shape index (κ1) is 49.5. The highest BCUT2D eigenvalue weighted by atomic mass is 16.5. The van der Waals surface area contributed by atoms with Crippen molar-refractivity contribution in [3.63, 3.8) is 0 Å². The van der Waals surface area contributed by atoms with Crippen molar-refractivity contribution in [3.8, 4) is 5.75 Å². The molecule has 0 radical (unpaired) electrons. The number of primary amides is 1. The van der Waals surface area contributed by atoms with Gasteiger partial charge in [0.25, 0.3) is 0 Å². The second-order valence-corrected chi connectivity index (χ2v) is 14.1. The Hall–Kier alpha value is -5.54. The summed E-state index contributed by atoms with van der Waals surface area (Å²) < 4.78 is 5.62. The molecule has 0 saturated heterocycles. The molecule has 0 aliphatic heterocycles. The Morgan fingerprint density at radius 1 is 0.825 bits per heavy atom. The van der Waals surface area contributed by atoms with Crippen molar-refractivity contribution in [1.29, 1.82) is 0 Å². The van der Waals surface area contributed by atoms with Gasteiger partial charge < -0.3 is 68.7 Å². The lowest BCUT2D eigenvalue weighted by Crippen LogP contribution is -2.60. The summed E-state index contributed by atoms with van der Waals surface area (Å²) in [5.41, 5.74) is 22.3. The van der Waals surface area contributed by atoms with Gasteiger partial charge in [0.05, 0.1) is 6.10 Å². The van der Waals surface area contributed by atoms with E-state index in [-0.39, 0.29) is 56.3 Å². The topological polar surface area (TPSA) is 348 Å². The average molecular weight is 809 g/mol. The van der Waals surface area contributed by atoms with Crippen molar-refractivity contribution in [3.05, 3.63) is 29.8 Å². The van der Waals surface area contributed by atoms with Crippen LogP contribution in [0.3, 0.4) is 0 Å². The van der Waals surface area contributed by atoms with E-state index < -0.39 is 89.9 Å². The number of hydrogen-bond donors (Lipinski definition) is 10. The number of phenols is 1. The number of ether oxygens (including phenoxy) is 1. The molecule has 0 saturated carbocycles. The molecule has 2 unspecified atom stereocenters. The largest absolute Gasteiger partial charge is 0.508 e. The summed E-state index contributed by atoms with van der Waals surface area (Å²) in [5.74, 6) is -6.89. The minimum atomic E-state index is -1.60. The number of carbonyl (C=O) groups excluding carboxylic acids is 6. The lowest BCUT2D eigenvalue weighted by molar-refractivity contribution is -0.152. The Morgan fingerprint density at radius 2 is 1.40 bits per heavy atom. The van der Waals surface area contributed by atoms with Crippen LogP contribution in [0.15, 0.2) is 29.3 Å². The highest BCUT2D eigenvalue weighted by Crippen LogP contribution is 2.25. The summed E-state index contributed by atoms with van der Waals surface area (Å²) >= 11 is 0. The SMILES string of the molecule is COC(c1ccc(O)cc1)C(NC(=O)[C@H](CCC(N)=O)N(C)C(=O)[C@H](CC(C)C)NC(=O)[C@@H](CCCN=C(N)N)NC(=O)[C@H](N)[C@@H](C)O)C(=O)N(C)[C@@H](C)C(=O)O. The molecule has 0 bridgehead atoms. The van der Waals surface area contributed by atoms with Gasteiger partial charge in [-0.15, -0.1) is 0 Å².